The summed E-state index contributed by atoms with van der Waals surface area (Å²) >= 11 is 5.78. The average molecular weight is 303 g/mol. The van der Waals surface area contributed by atoms with Crippen LogP contribution in [0.3, 0.4) is 0 Å². The Balaban J connectivity index is 1.86. The lowest BCUT2D eigenvalue weighted by Gasteiger charge is -2.07. The maximum atomic E-state index is 5.83. The lowest BCUT2D eigenvalue weighted by Crippen LogP contribution is -1.88. The third-order valence-corrected chi connectivity index (χ3v) is 3.86. The van der Waals surface area contributed by atoms with Crippen LogP contribution in [0, 0.1) is 0 Å². The van der Waals surface area contributed by atoms with E-state index in [0.717, 1.165) is 23.5 Å². The van der Waals surface area contributed by atoms with E-state index in [9.17, 15) is 0 Å². The molecule has 0 aliphatic heterocycles. The summed E-state index contributed by atoms with van der Waals surface area (Å²) in [4.78, 5) is 0. The zero-order valence-corrected chi connectivity index (χ0v) is 13.4. The number of hydrogen-bond acceptors (Lipinski definition) is 1. The molecule has 2 aromatic carbocycles. The third kappa shape index (κ3) is 5.43. The van der Waals surface area contributed by atoms with Gasteiger partial charge in [0.1, 0.15) is 11.5 Å². The van der Waals surface area contributed by atoms with E-state index in [1.54, 1.807) is 0 Å². The third-order valence-electron chi connectivity index (χ3n) is 3.56. The summed E-state index contributed by atoms with van der Waals surface area (Å²) in [5, 5.41) is 0. The van der Waals surface area contributed by atoms with Crippen molar-refractivity contribution in [3.63, 3.8) is 0 Å². The van der Waals surface area contributed by atoms with Crippen molar-refractivity contribution in [2.24, 2.45) is 0 Å². The predicted molar refractivity (Wildman–Crippen MR) is 90.4 cm³/mol. The van der Waals surface area contributed by atoms with Crippen LogP contribution in [0.15, 0.2) is 48.5 Å². The van der Waals surface area contributed by atoms with Crippen LogP contribution in [0.4, 0.5) is 0 Å². The van der Waals surface area contributed by atoms with Gasteiger partial charge in [0.05, 0.1) is 0 Å². The fourth-order valence-electron chi connectivity index (χ4n) is 2.26. The van der Waals surface area contributed by atoms with Gasteiger partial charge in [0.2, 0.25) is 0 Å². The topological polar surface area (TPSA) is 9.23 Å². The second kappa shape index (κ2) is 8.74. The Hall–Kier alpha value is -1.47. The number of benzene rings is 2. The van der Waals surface area contributed by atoms with Crippen LogP contribution in [-0.4, -0.2) is 0 Å². The van der Waals surface area contributed by atoms with Crippen LogP contribution >= 0.6 is 11.6 Å². The van der Waals surface area contributed by atoms with Crippen LogP contribution in [0.5, 0.6) is 11.5 Å². The molecule has 0 heterocycles. The lowest BCUT2D eigenvalue weighted by molar-refractivity contribution is 0.482. The molecule has 0 saturated heterocycles. The zero-order chi connectivity index (χ0) is 14.9. The molecule has 0 unspecified atom stereocenters. The van der Waals surface area contributed by atoms with Gasteiger partial charge in [0.25, 0.3) is 0 Å². The van der Waals surface area contributed by atoms with Gasteiger partial charge >= 0.3 is 0 Å². The molecule has 0 aliphatic carbocycles. The molecule has 2 rings (SSSR count). The summed E-state index contributed by atoms with van der Waals surface area (Å²) in [6.07, 6.45) is 6.37. The summed E-state index contributed by atoms with van der Waals surface area (Å²) in [7, 11) is 0. The van der Waals surface area contributed by atoms with Gasteiger partial charge in [-0.05, 0) is 48.2 Å². The number of rotatable bonds is 8. The fourth-order valence-corrected chi connectivity index (χ4v) is 2.44. The van der Waals surface area contributed by atoms with Crippen LogP contribution < -0.4 is 4.74 Å². The summed E-state index contributed by atoms with van der Waals surface area (Å²) in [5.41, 5.74) is 2.49. The van der Waals surface area contributed by atoms with Crippen molar-refractivity contribution in [2.75, 3.05) is 0 Å². The lowest BCUT2D eigenvalue weighted by atomic mass is 10.1. The van der Waals surface area contributed by atoms with E-state index in [2.05, 4.69) is 19.1 Å². The quantitative estimate of drug-likeness (QED) is 0.408. The van der Waals surface area contributed by atoms with Gasteiger partial charge in [-0.3, -0.25) is 0 Å². The molecule has 2 heteroatoms. The van der Waals surface area contributed by atoms with E-state index in [-0.39, 0.29) is 0 Å². The van der Waals surface area contributed by atoms with Crippen LogP contribution in [0.25, 0.3) is 0 Å². The molecule has 2 aromatic rings. The van der Waals surface area contributed by atoms with Crippen molar-refractivity contribution in [1.82, 2.24) is 0 Å². The number of halogens is 1. The molecule has 0 fully saturated rings. The van der Waals surface area contributed by atoms with E-state index >= 15 is 0 Å². The summed E-state index contributed by atoms with van der Waals surface area (Å²) in [6, 6.07) is 16.3. The van der Waals surface area contributed by atoms with Crippen molar-refractivity contribution in [3.05, 3.63) is 59.7 Å². The van der Waals surface area contributed by atoms with Crippen LogP contribution in [-0.2, 0) is 12.3 Å². The zero-order valence-electron chi connectivity index (χ0n) is 12.6. The molecular formula is C19H23ClO. The van der Waals surface area contributed by atoms with Gasteiger partial charge < -0.3 is 4.74 Å². The number of hydrogen-bond donors (Lipinski definition) is 0. The first kappa shape index (κ1) is 15.9. The van der Waals surface area contributed by atoms with Crippen molar-refractivity contribution >= 4 is 11.6 Å². The minimum absolute atomic E-state index is 0.535. The fraction of sp³-hybridized carbons (Fsp3) is 0.368. The molecule has 0 atom stereocenters. The molecule has 0 aromatic heterocycles. The Labute approximate surface area is 132 Å². The highest BCUT2D eigenvalue weighted by Crippen LogP contribution is 2.23. The number of unbranched alkanes of at least 4 members (excludes halogenated alkanes) is 3. The molecule has 1 nitrogen and oxygen atoms in total. The van der Waals surface area contributed by atoms with Crippen LogP contribution in [0.1, 0.15) is 43.7 Å². The Morgan fingerprint density at radius 2 is 1.33 bits per heavy atom. The van der Waals surface area contributed by atoms with Crippen LogP contribution in [0.2, 0.25) is 0 Å². The summed E-state index contributed by atoms with van der Waals surface area (Å²) < 4.78 is 5.83. The van der Waals surface area contributed by atoms with E-state index < -0.39 is 0 Å². The largest absolute Gasteiger partial charge is 0.457 e. The van der Waals surface area contributed by atoms with Gasteiger partial charge in [0.15, 0.2) is 0 Å². The molecule has 0 bridgehead atoms. The number of alkyl halides is 1. The minimum Gasteiger partial charge on any atom is -0.457 e. The van der Waals surface area contributed by atoms with E-state index in [4.69, 9.17) is 16.3 Å². The van der Waals surface area contributed by atoms with E-state index in [1.165, 1.54) is 31.2 Å². The molecular weight excluding hydrogens is 280 g/mol. The highest BCUT2D eigenvalue weighted by Gasteiger charge is 1.99. The molecule has 0 spiro atoms. The first-order valence-electron chi connectivity index (χ1n) is 7.73. The van der Waals surface area contributed by atoms with E-state index in [0.29, 0.717) is 5.88 Å². The molecule has 112 valence electrons. The highest BCUT2D eigenvalue weighted by atomic mass is 35.5. The Morgan fingerprint density at radius 1 is 0.762 bits per heavy atom. The first-order chi connectivity index (χ1) is 10.3. The summed E-state index contributed by atoms with van der Waals surface area (Å²) in [6.45, 7) is 2.24. The van der Waals surface area contributed by atoms with Crippen molar-refractivity contribution in [2.45, 2.75) is 44.9 Å². The van der Waals surface area contributed by atoms with Crippen molar-refractivity contribution in [3.8, 4) is 11.5 Å². The second-order valence-corrected chi connectivity index (χ2v) is 5.60. The smallest absolute Gasteiger partial charge is 0.127 e. The Morgan fingerprint density at radius 3 is 1.86 bits per heavy atom. The SMILES string of the molecule is CCCCCCc1ccc(Oc2ccc(CCl)cc2)cc1. The van der Waals surface area contributed by atoms with Gasteiger partial charge in [-0.2, -0.15) is 0 Å². The second-order valence-electron chi connectivity index (χ2n) is 5.33. The standard InChI is InChI=1S/C19H23ClO/c1-2-3-4-5-6-16-7-11-18(12-8-16)21-19-13-9-17(15-20)10-14-19/h7-14H,2-6,15H2,1H3. The minimum atomic E-state index is 0.535. The normalized spacial score (nSPS) is 10.6. The molecule has 0 saturated carbocycles. The number of ether oxygens (including phenoxy) is 1. The maximum Gasteiger partial charge on any atom is 0.127 e. The summed E-state index contributed by atoms with van der Waals surface area (Å²) in [5.74, 6) is 2.26. The van der Waals surface area contributed by atoms with Crippen molar-refractivity contribution in [1.29, 1.82) is 0 Å². The predicted octanol–water partition coefficient (Wildman–Crippen LogP) is 6.34. The van der Waals surface area contributed by atoms with Gasteiger partial charge in [0, 0.05) is 5.88 Å². The van der Waals surface area contributed by atoms with Gasteiger partial charge in [-0.15, -0.1) is 11.6 Å². The molecule has 0 aliphatic rings. The molecule has 21 heavy (non-hydrogen) atoms. The highest BCUT2D eigenvalue weighted by molar-refractivity contribution is 6.17. The molecule has 0 N–H and O–H groups in total. The van der Waals surface area contributed by atoms with Gasteiger partial charge in [-0.1, -0.05) is 50.5 Å². The van der Waals surface area contributed by atoms with E-state index in [1.807, 2.05) is 36.4 Å². The monoisotopic (exact) mass is 302 g/mol. The molecule has 0 amide bonds. The Kier molecular flexibility index (Phi) is 6.62. The van der Waals surface area contributed by atoms with Gasteiger partial charge in [-0.25, -0.2) is 0 Å². The average Bonchev–Trinajstić information content (AvgIpc) is 2.54. The Bertz CT molecular complexity index is 516. The number of aryl methyl sites for hydroxylation is 1. The first-order valence-corrected chi connectivity index (χ1v) is 8.27. The maximum absolute atomic E-state index is 5.83. The molecule has 0 radical (unpaired) electrons. The van der Waals surface area contributed by atoms with Crippen molar-refractivity contribution < 1.29 is 4.74 Å².